The minimum absolute atomic E-state index is 0.690. The molecule has 0 spiro atoms. The maximum absolute atomic E-state index is 5.20. The van der Waals surface area contributed by atoms with E-state index < -0.39 is 0 Å². The second-order valence-electron chi connectivity index (χ2n) is 3.62. The van der Waals surface area contributed by atoms with E-state index in [4.69, 9.17) is 12.2 Å². The molecule has 5 nitrogen and oxygen atoms in total. The van der Waals surface area contributed by atoms with Crippen molar-refractivity contribution in [1.29, 1.82) is 0 Å². The number of H-pyrrole nitrogens is 1. The van der Waals surface area contributed by atoms with Crippen molar-refractivity contribution in [3.63, 3.8) is 0 Å². The van der Waals surface area contributed by atoms with Crippen LogP contribution in [-0.4, -0.2) is 24.5 Å². The van der Waals surface area contributed by atoms with Gasteiger partial charge in [-0.15, -0.1) is 0 Å². The van der Waals surface area contributed by atoms with Crippen LogP contribution in [-0.2, 0) is 19.5 Å². The molecule has 2 aromatic heterocycles. The zero-order valence-electron chi connectivity index (χ0n) is 9.26. The lowest BCUT2D eigenvalue weighted by molar-refractivity contribution is 0.515. The summed E-state index contributed by atoms with van der Waals surface area (Å²) in [7, 11) is 0. The van der Waals surface area contributed by atoms with E-state index in [-0.39, 0.29) is 0 Å². The third-order valence-corrected chi connectivity index (χ3v) is 2.73. The lowest BCUT2D eigenvalue weighted by Crippen LogP contribution is -2.10. The first-order chi connectivity index (χ1) is 7.81. The maximum atomic E-state index is 5.20. The van der Waals surface area contributed by atoms with Crippen molar-refractivity contribution in [3.8, 4) is 0 Å². The first-order valence-electron chi connectivity index (χ1n) is 5.42. The Balaban J connectivity index is 2.08. The van der Waals surface area contributed by atoms with Gasteiger partial charge in [0.25, 0.3) is 0 Å². The fraction of sp³-hybridized carbons (Fsp3) is 0.500. The monoisotopic (exact) mass is 237 g/mol. The summed E-state index contributed by atoms with van der Waals surface area (Å²) in [5.41, 5.74) is 0. The summed E-state index contributed by atoms with van der Waals surface area (Å²) < 4.78 is 4.63. The van der Waals surface area contributed by atoms with Gasteiger partial charge in [0.15, 0.2) is 4.77 Å². The molecule has 0 aromatic carbocycles. The summed E-state index contributed by atoms with van der Waals surface area (Å²) in [6, 6.07) is 1.92. The van der Waals surface area contributed by atoms with Gasteiger partial charge in [0.1, 0.15) is 5.82 Å². The average Bonchev–Trinajstić information content (AvgIpc) is 2.88. The van der Waals surface area contributed by atoms with Crippen molar-refractivity contribution in [2.75, 3.05) is 0 Å². The summed E-state index contributed by atoms with van der Waals surface area (Å²) in [5.74, 6) is 1.03. The van der Waals surface area contributed by atoms with Gasteiger partial charge in [-0.1, -0.05) is 6.92 Å². The van der Waals surface area contributed by atoms with Crippen molar-refractivity contribution in [1.82, 2.24) is 24.5 Å². The molecule has 86 valence electrons. The Morgan fingerprint density at radius 1 is 1.44 bits per heavy atom. The lowest BCUT2D eigenvalue weighted by atomic mass is 10.3. The molecule has 0 atom stereocenters. The van der Waals surface area contributed by atoms with Gasteiger partial charge in [-0.3, -0.25) is 9.78 Å². The van der Waals surface area contributed by atoms with Crippen LogP contribution in [0.3, 0.4) is 0 Å². The molecular weight excluding hydrogens is 222 g/mol. The van der Waals surface area contributed by atoms with E-state index in [9.17, 15) is 0 Å². The molecular formula is C10H15N5S. The molecule has 0 bridgehead atoms. The number of hydrogen-bond donors (Lipinski definition) is 1. The molecule has 0 unspecified atom stereocenters. The topological polar surface area (TPSA) is 51.4 Å². The van der Waals surface area contributed by atoms with Crippen molar-refractivity contribution < 1.29 is 0 Å². The third-order valence-electron chi connectivity index (χ3n) is 2.42. The largest absolute Gasteiger partial charge is 0.302 e. The molecule has 16 heavy (non-hydrogen) atoms. The molecule has 0 fully saturated rings. The molecule has 6 heteroatoms. The van der Waals surface area contributed by atoms with Crippen LogP contribution in [0.1, 0.15) is 19.2 Å². The zero-order chi connectivity index (χ0) is 11.4. The van der Waals surface area contributed by atoms with Gasteiger partial charge in [0.05, 0.1) is 6.54 Å². The lowest BCUT2D eigenvalue weighted by Gasteiger charge is -2.05. The standard InChI is InChI=1S/C10H15N5S/c1-2-4-9-12-13-10(16)15(9)8-7-14-6-3-5-11-14/h3,5-6H,2,4,7-8H2,1H3,(H,13,16). The molecule has 0 radical (unpaired) electrons. The predicted octanol–water partition coefficient (Wildman–Crippen LogP) is 1.79. The van der Waals surface area contributed by atoms with Gasteiger partial charge < -0.3 is 4.57 Å². The molecule has 0 saturated heterocycles. The predicted molar refractivity (Wildman–Crippen MR) is 63.6 cm³/mol. The van der Waals surface area contributed by atoms with Crippen LogP contribution in [0.5, 0.6) is 0 Å². The Morgan fingerprint density at radius 2 is 2.31 bits per heavy atom. The van der Waals surface area contributed by atoms with Gasteiger partial charge in [-0.25, -0.2) is 0 Å². The molecule has 0 aliphatic heterocycles. The zero-order valence-corrected chi connectivity index (χ0v) is 10.1. The van der Waals surface area contributed by atoms with Crippen LogP contribution in [0, 0.1) is 4.77 Å². The molecule has 2 heterocycles. The van der Waals surface area contributed by atoms with Gasteiger partial charge in [-0.05, 0) is 24.7 Å². The smallest absolute Gasteiger partial charge is 0.195 e. The maximum Gasteiger partial charge on any atom is 0.195 e. The Labute approximate surface area is 99.1 Å². The number of hydrogen-bond acceptors (Lipinski definition) is 3. The summed E-state index contributed by atoms with van der Waals surface area (Å²) in [6.45, 7) is 3.76. The molecule has 0 aliphatic rings. The number of aromatic nitrogens is 5. The number of nitrogens with one attached hydrogen (secondary N) is 1. The Bertz CT molecular complexity index is 482. The Hall–Kier alpha value is -1.43. The highest BCUT2D eigenvalue weighted by atomic mass is 32.1. The van der Waals surface area contributed by atoms with Crippen LogP contribution in [0.4, 0.5) is 0 Å². The quantitative estimate of drug-likeness (QED) is 0.807. The van der Waals surface area contributed by atoms with E-state index in [1.165, 1.54) is 0 Å². The van der Waals surface area contributed by atoms with E-state index >= 15 is 0 Å². The first-order valence-corrected chi connectivity index (χ1v) is 5.83. The first kappa shape index (κ1) is 11.1. The van der Waals surface area contributed by atoms with Crippen LogP contribution in [0.2, 0.25) is 0 Å². The highest BCUT2D eigenvalue weighted by Gasteiger charge is 2.04. The van der Waals surface area contributed by atoms with Crippen LogP contribution in [0.15, 0.2) is 18.5 Å². The number of rotatable bonds is 5. The van der Waals surface area contributed by atoms with E-state index in [0.717, 1.165) is 31.8 Å². The molecule has 1 N–H and O–H groups in total. The summed E-state index contributed by atoms with van der Waals surface area (Å²) in [4.78, 5) is 0. The second kappa shape index (κ2) is 5.07. The third kappa shape index (κ3) is 2.38. The van der Waals surface area contributed by atoms with Crippen molar-refractivity contribution in [2.24, 2.45) is 0 Å². The van der Waals surface area contributed by atoms with Crippen molar-refractivity contribution in [2.45, 2.75) is 32.9 Å². The van der Waals surface area contributed by atoms with E-state index in [2.05, 4.69) is 22.2 Å². The second-order valence-corrected chi connectivity index (χ2v) is 4.00. The van der Waals surface area contributed by atoms with Gasteiger partial charge in [0.2, 0.25) is 0 Å². The fourth-order valence-corrected chi connectivity index (χ4v) is 1.87. The summed E-state index contributed by atoms with van der Waals surface area (Å²) >= 11 is 5.20. The summed E-state index contributed by atoms with van der Waals surface area (Å²) in [5, 5.41) is 11.2. The van der Waals surface area contributed by atoms with E-state index in [0.29, 0.717) is 4.77 Å². The molecule has 2 aromatic rings. The van der Waals surface area contributed by atoms with Crippen molar-refractivity contribution >= 4 is 12.2 Å². The SMILES string of the molecule is CCCc1n[nH]c(=S)n1CCn1cccn1. The number of aromatic amines is 1. The van der Waals surface area contributed by atoms with Crippen LogP contribution in [0.25, 0.3) is 0 Å². The average molecular weight is 237 g/mol. The fourth-order valence-electron chi connectivity index (χ4n) is 1.63. The minimum atomic E-state index is 0.690. The Kier molecular flexibility index (Phi) is 3.51. The van der Waals surface area contributed by atoms with Gasteiger partial charge in [0, 0.05) is 25.4 Å². The van der Waals surface area contributed by atoms with Crippen molar-refractivity contribution in [3.05, 3.63) is 29.1 Å². The van der Waals surface area contributed by atoms with Gasteiger partial charge >= 0.3 is 0 Å². The Morgan fingerprint density at radius 3 is 3.00 bits per heavy atom. The minimum Gasteiger partial charge on any atom is -0.302 e. The van der Waals surface area contributed by atoms with E-state index in [1.54, 1.807) is 6.20 Å². The molecule has 0 aliphatic carbocycles. The highest BCUT2D eigenvalue weighted by Crippen LogP contribution is 2.02. The molecule has 2 rings (SSSR count). The number of aryl methyl sites for hydroxylation is 2. The van der Waals surface area contributed by atoms with Crippen LogP contribution < -0.4 is 0 Å². The molecule has 0 saturated carbocycles. The summed E-state index contributed by atoms with van der Waals surface area (Å²) in [6.07, 6.45) is 5.75. The van der Waals surface area contributed by atoms with Gasteiger partial charge in [-0.2, -0.15) is 10.2 Å². The normalized spacial score (nSPS) is 10.8. The van der Waals surface area contributed by atoms with Crippen LogP contribution >= 0.6 is 12.2 Å². The van der Waals surface area contributed by atoms with E-state index in [1.807, 2.05) is 21.5 Å². The molecule has 0 amide bonds. The number of nitrogens with zero attached hydrogens (tertiary/aromatic N) is 4. The highest BCUT2D eigenvalue weighted by molar-refractivity contribution is 7.71.